The van der Waals surface area contributed by atoms with Gasteiger partial charge in [0.2, 0.25) is 5.91 Å². The average molecular weight is 496 g/mol. The van der Waals surface area contributed by atoms with Gasteiger partial charge < -0.3 is 15.5 Å². The Morgan fingerprint density at radius 3 is 2.46 bits per heavy atom. The lowest BCUT2D eigenvalue weighted by Crippen LogP contribution is -2.38. The van der Waals surface area contributed by atoms with Crippen molar-refractivity contribution in [2.75, 3.05) is 20.1 Å². The van der Waals surface area contributed by atoms with Crippen LogP contribution in [0.1, 0.15) is 56.1 Å². The van der Waals surface area contributed by atoms with Gasteiger partial charge in [0.1, 0.15) is 0 Å². The summed E-state index contributed by atoms with van der Waals surface area (Å²) in [5, 5.41) is 6.69. The SMILES string of the molecule is CN=C(NCCCC(=O)N1Cc2ccccc2C1)NCCC1=CCCCC1.I. The number of carbonyl (C=O) groups excluding carboxylic acids is 1. The average Bonchev–Trinajstić information content (AvgIpc) is 3.15. The number of benzene rings is 1. The molecular weight excluding hydrogens is 463 g/mol. The molecule has 0 spiro atoms. The van der Waals surface area contributed by atoms with Gasteiger partial charge in [-0.15, -0.1) is 24.0 Å². The van der Waals surface area contributed by atoms with Crippen molar-refractivity contribution < 1.29 is 4.79 Å². The molecule has 3 rings (SSSR count). The molecule has 1 aromatic rings. The van der Waals surface area contributed by atoms with E-state index in [0.29, 0.717) is 6.42 Å². The number of nitrogens with one attached hydrogen (secondary N) is 2. The minimum Gasteiger partial charge on any atom is -0.356 e. The highest BCUT2D eigenvalue weighted by Crippen LogP contribution is 2.23. The van der Waals surface area contributed by atoms with Crippen molar-refractivity contribution in [2.24, 2.45) is 4.99 Å². The van der Waals surface area contributed by atoms with Gasteiger partial charge in [0.05, 0.1) is 0 Å². The fraction of sp³-hybridized carbons (Fsp3) is 0.545. The first-order valence-corrected chi connectivity index (χ1v) is 10.2. The molecule has 1 amide bonds. The van der Waals surface area contributed by atoms with Crippen LogP contribution in [-0.4, -0.2) is 36.9 Å². The molecule has 0 fully saturated rings. The van der Waals surface area contributed by atoms with Crippen molar-refractivity contribution in [2.45, 2.75) is 58.0 Å². The standard InChI is InChI=1S/C22H32N4O.HI/c1-23-22(25-15-13-18-8-3-2-4-9-18)24-14-7-12-21(27)26-16-19-10-5-6-11-20(19)17-26;/h5-6,8,10-11H,2-4,7,9,12-17H2,1H3,(H2,23,24,25);1H. The Morgan fingerprint density at radius 2 is 1.82 bits per heavy atom. The fourth-order valence-corrected chi connectivity index (χ4v) is 3.81. The van der Waals surface area contributed by atoms with E-state index in [9.17, 15) is 4.79 Å². The number of guanidine groups is 1. The first kappa shape index (κ1) is 22.7. The maximum atomic E-state index is 12.4. The Balaban J connectivity index is 0.00000280. The zero-order valence-electron chi connectivity index (χ0n) is 16.9. The smallest absolute Gasteiger partial charge is 0.223 e. The summed E-state index contributed by atoms with van der Waals surface area (Å²) in [5.74, 6) is 1.06. The van der Waals surface area contributed by atoms with Gasteiger partial charge in [-0.2, -0.15) is 0 Å². The molecular formula is C22H33IN4O. The lowest BCUT2D eigenvalue weighted by molar-refractivity contribution is -0.131. The van der Waals surface area contributed by atoms with Crippen molar-refractivity contribution in [3.63, 3.8) is 0 Å². The van der Waals surface area contributed by atoms with Gasteiger partial charge in [-0.1, -0.05) is 35.9 Å². The topological polar surface area (TPSA) is 56.7 Å². The number of aliphatic imine (C=N–C) groups is 1. The van der Waals surface area contributed by atoms with E-state index >= 15 is 0 Å². The van der Waals surface area contributed by atoms with Crippen LogP contribution in [0.4, 0.5) is 0 Å². The van der Waals surface area contributed by atoms with E-state index in [2.05, 4.69) is 33.8 Å². The molecule has 1 aromatic carbocycles. The molecule has 0 bridgehead atoms. The molecule has 2 N–H and O–H groups in total. The van der Waals surface area contributed by atoms with Crippen LogP contribution in [0.3, 0.4) is 0 Å². The van der Waals surface area contributed by atoms with Gasteiger partial charge in [-0.05, 0) is 49.7 Å². The van der Waals surface area contributed by atoms with Gasteiger partial charge in [0.25, 0.3) is 0 Å². The number of hydrogen-bond donors (Lipinski definition) is 2. The maximum absolute atomic E-state index is 12.4. The summed E-state index contributed by atoms with van der Waals surface area (Å²) < 4.78 is 0. The van der Waals surface area contributed by atoms with Crippen LogP contribution >= 0.6 is 24.0 Å². The zero-order valence-corrected chi connectivity index (χ0v) is 19.2. The van der Waals surface area contributed by atoms with Crippen molar-refractivity contribution in [3.05, 3.63) is 47.0 Å². The van der Waals surface area contributed by atoms with E-state index in [1.807, 2.05) is 17.0 Å². The number of halogens is 1. The predicted molar refractivity (Wildman–Crippen MR) is 126 cm³/mol. The molecule has 28 heavy (non-hydrogen) atoms. The first-order chi connectivity index (χ1) is 13.3. The van der Waals surface area contributed by atoms with Gasteiger partial charge in [0, 0.05) is 39.6 Å². The first-order valence-electron chi connectivity index (χ1n) is 10.2. The summed E-state index contributed by atoms with van der Waals surface area (Å²) in [7, 11) is 1.79. The summed E-state index contributed by atoms with van der Waals surface area (Å²) in [6, 6.07) is 8.31. The summed E-state index contributed by atoms with van der Waals surface area (Å²) >= 11 is 0. The minimum atomic E-state index is 0. The van der Waals surface area contributed by atoms with Crippen LogP contribution in [0.15, 0.2) is 40.9 Å². The Hall–Kier alpha value is -1.57. The highest BCUT2D eigenvalue weighted by atomic mass is 127. The quantitative estimate of drug-likeness (QED) is 0.198. The zero-order chi connectivity index (χ0) is 18.9. The Morgan fingerprint density at radius 1 is 1.11 bits per heavy atom. The van der Waals surface area contributed by atoms with Crippen LogP contribution in [0.2, 0.25) is 0 Å². The monoisotopic (exact) mass is 496 g/mol. The Bertz CT molecular complexity index is 677. The number of rotatable bonds is 7. The second kappa shape index (κ2) is 12.1. The number of hydrogen-bond acceptors (Lipinski definition) is 2. The normalized spacial score (nSPS) is 16.1. The largest absolute Gasteiger partial charge is 0.356 e. The molecule has 1 aliphatic heterocycles. The van der Waals surface area contributed by atoms with Crippen LogP contribution < -0.4 is 10.6 Å². The number of carbonyl (C=O) groups is 1. The molecule has 2 aliphatic rings. The molecule has 5 nitrogen and oxygen atoms in total. The van der Waals surface area contributed by atoms with E-state index in [1.165, 1.54) is 36.8 Å². The molecule has 6 heteroatoms. The maximum Gasteiger partial charge on any atom is 0.223 e. The molecule has 1 aliphatic carbocycles. The predicted octanol–water partition coefficient (Wildman–Crippen LogP) is 3.98. The van der Waals surface area contributed by atoms with E-state index < -0.39 is 0 Å². The number of fused-ring (bicyclic) bond motifs is 1. The molecule has 0 aromatic heterocycles. The summed E-state index contributed by atoms with van der Waals surface area (Å²) in [5.41, 5.74) is 4.13. The third kappa shape index (κ3) is 6.79. The highest BCUT2D eigenvalue weighted by molar-refractivity contribution is 14.0. The van der Waals surface area contributed by atoms with Crippen molar-refractivity contribution >= 4 is 35.8 Å². The van der Waals surface area contributed by atoms with Gasteiger partial charge in [-0.25, -0.2) is 0 Å². The number of allylic oxidation sites excluding steroid dienone is 1. The van der Waals surface area contributed by atoms with Crippen LogP contribution in [0.5, 0.6) is 0 Å². The number of amides is 1. The van der Waals surface area contributed by atoms with Crippen LogP contribution in [0.25, 0.3) is 0 Å². The van der Waals surface area contributed by atoms with E-state index in [-0.39, 0.29) is 29.9 Å². The minimum absolute atomic E-state index is 0. The molecule has 0 saturated carbocycles. The van der Waals surface area contributed by atoms with Crippen LogP contribution in [0, 0.1) is 0 Å². The Labute approximate surface area is 186 Å². The third-order valence-corrected chi connectivity index (χ3v) is 5.40. The fourth-order valence-electron chi connectivity index (χ4n) is 3.81. The molecule has 0 radical (unpaired) electrons. The summed E-state index contributed by atoms with van der Waals surface area (Å²) in [4.78, 5) is 18.6. The summed E-state index contributed by atoms with van der Waals surface area (Å²) in [6.07, 6.45) is 10.0. The van der Waals surface area contributed by atoms with Gasteiger partial charge in [-0.3, -0.25) is 9.79 Å². The lowest BCUT2D eigenvalue weighted by atomic mass is 9.97. The molecule has 0 saturated heterocycles. The molecule has 154 valence electrons. The Kier molecular flexibility index (Phi) is 9.81. The molecule has 1 heterocycles. The van der Waals surface area contributed by atoms with Gasteiger partial charge in [0.15, 0.2) is 5.96 Å². The second-order valence-corrected chi connectivity index (χ2v) is 7.41. The molecule has 0 unspecified atom stereocenters. The van der Waals surface area contributed by atoms with Crippen molar-refractivity contribution in [1.29, 1.82) is 0 Å². The van der Waals surface area contributed by atoms with Crippen molar-refractivity contribution in [1.82, 2.24) is 15.5 Å². The van der Waals surface area contributed by atoms with Gasteiger partial charge >= 0.3 is 0 Å². The van der Waals surface area contributed by atoms with E-state index in [4.69, 9.17) is 0 Å². The van der Waals surface area contributed by atoms with E-state index in [1.54, 1.807) is 12.6 Å². The number of nitrogens with zero attached hydrogens (tertiary/aromatic N) is 2. The van der Waals surface area contributed by atoms with E-state index in [0.717, 1.165) is 45.0 Å². The second-order valence-electron chi connectivity index (χ2n) is 7.41. The van der Waals surface area contributed by atoms with Crippen molar-refractivity contribution in [3.8, 4) is 0 Å². The third-order valence-electron chi connectivity index (χ3n) is 5.40. The molecule has 0 atom stereocenters. The van der Waals surface area contributed by atoms with Crippen LogP contribution in [-0.2, 0) is 17.9 Å². The lowest BCUT2D eigenvalue weighted by Gasteiger charge is -2.17. The highest BCUT2D eigenvalue weighted by Gasteiger charge is 2.22. The summed E-state index contributed by atoms with van der Waals surface area (Å²) in [6.45, 7) is 3.17.